The number of hydrogen-bond acceptors (Lipinski definition) is 1. The van der Waals surface area contributed by atoms with Gasteiger partial charge in [0.1, 0.15) is 0 Å². The highest BCUT2D eigenvalue weighted by atomic mass is 14.6. The number of fused-ring (bicyclic) bond motifs is 6. The summed E-state index contributed by atoms with van der Waals surface area (Å²) in [6.07, 6.45) is 8.55. The second-order valence-corrected chi connectivity index (χ2v) is 7.86. The number of pyridine rings is 1. The van der Waals surface area contributed by atoms with Crippen molar-refractivity contribution < 1.29 is 0 Å². The molecule has 1 heterocycles. The van der Waals surface area contributed by atoms with Crippen LogP contribution < -0.4 is 0 Å². The zero-order valence-electron chi connectivity index (χ0n) is 15.7. The summed E-state index contributed by atoms with van der Waals surface area (Å²) in [4.78, 5) is 4.13. The van der Waals surface area contributed by atoms with Crippen molar-refractivity contribution in [2.75, 3.05) is 0 Å². The molecule has 1 radical (unpaired) electrons. The average molecular weight is 358 g/mol. The first kappa shape index (κ1) is 15.8. The fourth-order valence-electron chi connectivity index (χ4n) is 5.02. The molecule has 0 N–H and O–H groups in total. The standard InChI is InChI=1S/C27H20N/c1-2-5-22-18(4-1)10-11-27-24-7-3-6-23(26(24)13-12-25(22)27)20-8-9-21-17-28-15-14-19(21)16-20/h1-2,4-5,8-16,23H,3,6-7H2. The Morgan fingerprint density at radius 3 is 2.71 bits per heavy atom. The van der Waals surface area contributed by atoms with E-state index in [2.05, 4.69) is 84.0 Å². The molecule has 1 aliphatic rings. The van der Waals surface area contributed by atoms with E-state index in [1.807, 2.05) is 6.20 Å². The van der Waals surface area contributed by atoms with Crippen molar-refractivity contribution in [1.82, 2.24) is 4.98 Å². The van der Waals surface area contributed by atoms with E-state index in [4.69, 9.17) is 0 Å². The monoisotopic (exact) mass is 358 g/mol. The van der Waals surface area contributed by atoms with Gasteiger partial charge in [-0.25, -0.2) is 0 Å². The first-order valence-electron chi connectivity index (χ1n) is 10.1. The second kappa shape index (κ2) is 6.17. The third-order valence-electron chi connectivity index (χ3n) is 6.36. The Morgan fingerprint density at radius 2 is 1.71 bits per heavy atom. The third-order valence-corrected chi connectivity index (χ3v) is 6.36. The summed E-state index contributed by atoms with van der Waals surface area (Å²) in [7, 11) is 0. The fraction of sp³-hybridized carbons (Fsp3) is 0.148. The van der Waals surface area contributed by atoms with E-state index in [1.54, 1.807) is 5.56 Å². The predicted octanol–water partition coefficient (Wildman–Crippen LogP) is 6.81. The summed E-state index contributed by atoms with van der Waals surface area (Å²) in [5, 5.41) is 7.81. The average Bonchev–Trinajstić information content (AvgIpc) is 2.78. The Morgan fingerprint density at radius 1 is 0.786 bits per heavy atom. The van der Waals surface area contributed by atoms with Crippen LogP contribution in [0.15, 0.2) is 79.0 Å². The molecule has 0 aliphatic heterocycles. The maximum Gasteiger partial charge on any atom is 0.0970 e. The lowest BCUT2D eigenvalue weighted by atomic mass is 9.76. The van der Waals surface area contributed by atoms with Crippen LogP contribution in [0.2, 0.25) is 0 Å². The van der Waals surface area contributed by atoms with Gasteiger partial charge in [0.05, 0.1) is 6.20 Å². The molecule has 28 heavy (non-hydrogen) atoms. The van der Waals surface area contributed by atoms with E-state index < -0.39 is 0 Å². The highest BCUT2D eigenvalue weighted by Crippen LogP contribution is 2.41. The highest BCUT2D eigenvalue weighted by Gasteiger charge is 2.23. The van der Waals surface area contributed by atoms with Gasteiger partial charge in [0.15, 0.2) is 0 Å². The molecule has 1 nitrogen and oxygen atoms in total. The number of benzene rings is 4. The van der Waals surface area contributed by atoms with Crippen molar-refractivity contribution in [1.29, 1.82) is 0 Å². The summed E-state index contributed by atoms with van der Waals surface area (Å²) < 4.78 is 0. The molecule has 1 aromatic heterocycles. The smallest absolute Gasteiger partial charge is 0.0970 e. The molecule has 1 unspecified atom stereocenters. The van der Waals surface area contributed by atoms with E-state index in [1.165, 1.54) is 57.3 Å². The lowest BCUT2D eigenvalue weighted by Crippen LogP contribution is -2.11. The molecule has 1 heteroatoms. The zero-order chi connectivity index (χ0) is 18.5. The zero-order valence-corrected chi connectivity index (χ0v) is 15.7. The summed E-state index contributed by atoms with van der Waals surface area (Å²) in [6.45, 7) is 0. The Labute approximate surface area is 164 Å². The predicted molar refractivity (Wildman–Crippen MR) is 117 cm³/mol. The normalized spacial score (nSPS) is 16.5. The molecular formula is C27H20N. The fourth-order valence-corrected chi connectivity index (χ4v) is 5.02. The van der Waals surface area contributed by atoms with Crippen LogP contribution in [0.25, 0.3) is 32.3 Å². The molecule has 0 spiro atoms. The van der Waals surface area contributed by atoms with Gasteiger partial charge in [0, 0.05) is 17.5 Å². The second-order valence-electron chi connectivity index (χ2n) is 7.86. The van der Waals surface area contributed by atoms with E-state index in [0.717, 1.165) is 5.39 Å². The van der Waals surface area contributed by atoms with Gasteiger partial charge in [-0.3, -0.25) is 4.98 Å². The summed E-state index contributed by atoms with van der Waals surface area (Å²) in [5.41, 5.74) is 4.46. The van der Waals surface area contributed by atoms with Crippen molar-refractivity contribution in [3.05, 3.63) is 102 Å². The molecular weight excluding hydrogens is 338 g/mol. The maximum atomic E-state index is 4.13. The number of aryl methyl sites for hydroxylation is 1. The van der Waals surface area contributed by atoms with Gasteiger partial charge >= 0.3 is 0 Å². The Bertz CT molecular complexity index is 1350. The first-order chi connectivity index (χ1) is 13.9. The molecule has 1 atom stereocenters. The van der Waals surface area contributed by atoms with Gasteiger partial charge in [0.25, 0.3) is 0 Å². The minimum atomic E-state index is 0.470. The highest BCUT2D eigenvalue weighted by molar-refractivity contribution is 6.08. The Balaban J connectivity index is 1.56. The molecule has 0 amide bonds. The molecule has 4 aromatic carbocycles. The van der Waals surface area contributed by atoms with Crippen LogP contribution in [0.3, 0.4) is 0 Å². The molecule has 1 aliphatic carbocycles. The van der Waals surface area contributed by atoms with Crippen LogP contribution in [0.4, 0.5) is 0 Å². The maximum absolute atomic E-state index is 4.13. The molecule has 0 fully saturated rings. The first-order valence-corrected chi connectivity index (χ1v) is 10.1. The topological polar surface area (TPSA) is 12.9 Å². The minimum absolute atomic E-state index is 0.470. The van der Waals surface area contributed by atoms with Crippen LogP contribution in [0.5, 0.6) is 0 Å². The molecule has 0 bridgehead atoms. The summed E-state index contributed by atoms with van der Waals surface area (Å²) >= 11 is 0. The van der Waals surface area contributed by atoms with Gasteiger partial charge in [-0.2, -0.15) is 0 Å². The van der Waals surface area contributed by atoms with Crippen LogP contribution in [-0.4, -0.2) is 4.98 Å². The number of hydrogen-bond donors (Lipinski definition) is 0. The van der Waals surface area contributed by atoms with Gasteiger partial charge in [0.2, 0.25) is 0 Å². The van der Waals surface area contributed by atoms with Crippen LogP contribution in [0, 0.1) is 6.20 Å². The lowest BCUT2D eigenvalue weighted by molar-refractivity contribution is 0.620. The van der Waals surface area contributed by atoms with Gasteiger partial charge in [-0.05, 0) is 69.0 Å². The Kier molecular flexibility index (Phi) is 3.49. The third kappa shape index (κ3) is 2.36. The van der Waals surface area contributed by atoms with Crippen molar-refractivity contribution in [2.45, 2.75) is 25.2 Å². The van der Waals surface area contributed by atoms with Crippen molar-refractivity contribution in [2.24, 2.45) is 0 Å². The SMILES string of the molecule is [c]1nccc2cc(C3CCCc4c3ccc3c4ccc4ccccc43)ccc12. The molecule has 0 saturated heterocycles. The minimum Gasteiger partial charge on any atom is -0.254 e. The summed E-state index contributed by atoms with van der Waals surface area (Å²) in [5.74, 6) is 0.470. The lowest BCUT2D eigenvalue weighted by Gasteiger charge is -2.28. The van der Waals surface area contributed by atoms with Crippen molar-refractivity contribution >= 4 is 32.3 Å². The van der Waals surface area contributed by atoms with E-state index >= 15 is 0 Å². The summed E-state index contributed by atoms with van der Waals surface area (Å²) in [6, 6.07) is 26.9. The quantitative estimate of drug-likeness (QED) is 0.300. The van der Waals surface area contributed by atoms with Crippen molar-refractivity contribution in [3.63, 3.8) is 0 Å². The van der Waals surface area contributed by atoms with Gasteiger partial charge in [-0.1, -0.05) is 66.7 Å². The van der Waals surface area contributed by atoms with Gasteiger partial charge < -0.3 is 0 Å². The van der Waals surface area contributed by atoms with Gasteiger partial charge in [-0.15, -0.1) is 0 Å². The van der Waals surface area contributed by atoms with Crippen molar-refractivity contribution in [3.8, 4) is 0 Å². The molecule has 133 valence electrons. The number of nitrogens with zero attached hydrogens (tertiary/aromatic N) is 1. The molecule has 6 rings (SSSR count). The van der Waals surface area contributed by atoms with Crippen LogP contribution in [-0.2, 0) is 6.42 Å². The number of aromatic nitrogens is 1. The Hall–Kier alpha value is -3.19. The van der Waals surface area contributed by atoms with Crippen LogP contribution in [0.1, 0.15) is 35.4 Å². The molecule has 0 saturated carbocycles. The van der Waals surface area contributed by atoms with E-state index in [0.29, 0.717) is 5.92 Å². The molecule has 5 aromatic rings. The van der Waals surface area contributed by atoms with E-state index in [9.17, 15) is 0 Å². The van der Waals surface area contributed by atoms with Crippen LogP contribution >= 0.6 is 0 Å². The number of rotatable bonds is 1. The largest absolute Gasteiger partial charge is 0.254 e. The van der Waals surface area contributed by atoms with E-state index in [-0.39, 0.29) is 0 Å².